The monoisotopic (exact) mass is 258 g/mol. The number of carbonyl (C=O) groups excluding carboxylic acids is 1. The lowest BCUT2D eigenvalue weighted by Crippen LogP contribution is -2.20. The molecule has 1 rings (SSSR count). The van der Waals surface area contributed by atoms with Crippen LogP contribution in [-0.2, 0) is 11.0 Å². The van der Waals surface area contributed by atoms with E-state index in [2.05, 4.69) is 10.3 Å². The second-order valence-corrected chi connectivity index (χ2v) is 3.65. The van der Waals surface area contributed by atoms with E-state index in [0.717, 1.165) is 12.3 Å². The zero-order valence-corrected chi connectivity index (χ0v) is 9.79. The van der Waals surface area contributed by atoms with E-state index in [0.29, 0.717) is 18.5 Å². The Morgan fingerprint density at radius 3 is 2.83 bits per heavy atom. The fourth-order valence-electron chi connectivity index (χ4n) is 1.26. The van der Waals surface area contributed by atoms with Gasteiger partial charge in [-0.2, -0.15) is 13.2 Å². The fraction of sp³-hybridized carbons (Fsp3) is 0.333. The van der Waals surface area contributed by atoms with E-state index in [1.165, 1.54) is 13.0 Å². The molecule has 1 aromatic rings. The van der Waals surface area contributed by atoms with Crippen molar-refractivity contribution in [3.05, 3.63) is 35.7 Å². The number of hydrogen-bond acceptors (Lipinski definition) is 2. The summed E-state index contributed by atoms with van der Waals surface area (Å²) in [5.41, 5.74) is -0.480. The van der Waals surface area contributed by atoms with E-state index in [1.54, 1.807) is 12.2 Å². The van der Waals surface area contributed by atoms with E-state index < -0.39 is 11.9 Å². The van der Waals surface area contributed by atoms with Crippen molar-refractivity contribution in [2.24, 2.45) is 0 Å². The van der Waals surface area contributed by atoms with Crippen molar-refractivity contribution < 1.29 is 18.0 Å². The molecule has 0 aliphatic heterocycles. The van der Waals surface area contributed by atoms with E-state index in [4.69, 9.17) is 0 Å². The number of halogens is 3. The van der Waals surface area contributed by atoms with Gasteiger partial charge in [0.25, 0.3) is 0 Å². The summed E-state index contributed by atoms with van der Waals surface area (Å²) >= 11 is 0. The largest absolute Gasteiger partial charge is 0.433 e. The van der Waals surface area contributed by atoms with Gasteiger partial charge in [-0.3, -0.25) is 9.78 Å². The number of pyridine rings is 1. The third-order valence-electron chi connectivity index (χ3n) is 2.07. The van der Waals surface area contributed by atoms with Crippen molar-refractivity contribution >= 4 is 12.0 Å². The van der Waals surface area contributed by atoms with Crippen molar-refractivity contribution in [2.45, 2.75) is 19.5 Å². The molecule has 0 aromatic carbocycles. The lowest BCUT2D eigenvalue weighted by molar-refractivity contribution is -0.141. The summed E-state index contributed by atoms with van der Waals surface area (Å²) in [6, 6.07) is 2.47. The smallest absolute Gasteiger partial charge is 0.356 e. The zero-order valence-electron chi connectivity index (χ0n) is 9.79. The minimum Gasteiger partial charge on any atom is -0.356 e. The molecule has 0 saturated heterocycles. The molecule has 0 aliphatic carbocycles. The standard InChI is InChI=1S/C12H13F3N2O/c1-9(18)16-6-3-2-4-10-5-7-17-11(8-10)12(13,14)15/h2,4-5,7-8H,3,6H2,1H3,(H,16,18). The number of amides is 1. The van der Waals surface area contributed by atoms with Crippen LogP contribution in [0.25, 0.3) is 6.08 Å². The second kappa shape index (κ2) is 6.18. The van der Waals surface area contributed by atoms with Crippen LogP contribution in [0.2, 0.25) is 0 Å². The van der Waals surface area contributed by atoms with Crippen molar-refractivity contribution in [3.63, 3.8) is 0 Å². The number of aromatic nitrogens is 1. The first-order chi connectivity index (χ1) is 8.39. The molecular weight excluding hydrogens is 245 g/mol. The molecule has 1 N–H and O–H groups in total. The second-order valence-electron chi connectivity index (χ2n) is 3.65. The van der Waals surface area contributed by atoms with Gasteiger partial charge in [0.05, 0.1) is 0 Å². The van der Waals surface area contributed by atoms with E-state index in [9.17, 15) is 18.0 Å². The van der Waals surface area contributed by atoms with Crippen LogP contribution in [0.3, 0.4) is 0 Å². The van der Waals surface area contributed by atoms with Crippen molar-refractivity contribution in [2.75, 3.05) is 6.54 Å². The third kappa shape index (κ3) is 4.99. The average molecular weight is 258 g/mol. The van der Waals surface area contributed by atoms with Crippen LogP contribution >= 0.6 is 0 Å². The maximum absolute atomic E-state index is 12.4. The van der Waals surface area contributed by atoms with E-state index in [1.807, 2.05) is 0 Å². The highest BCUT2D eigenvalue weighted by Gasteiger charge is 2.32. The van der Waals surface area contributed by atoms with Crippen molar-refractivity contribution in [1.82, 2.24) is 10.3 Å². The molecule has 0 radical (unpaired) electrons. The Kier molecular flexibility index (Phi) is 4.88. The number of hydrogen-bond donors (Lipinski definition) is 1. The minimum absolute atomic E-state index is 0.133. The Balaban J connectivity index is 2.57. The summed E-state index contributed by atoms with van der Waals surface area (Å²) in [7, 11) is 0. The Morgan fingerprint density at radius 1 is 1.50 bits per heavy atom. The first kappa shape index (κ1) is 14.2. The van der Waals surface area contributed by atoms with Gasteiger partial charge in [0.2, 0.25) is 5.91 Å². The predicted octanol–water partition coefficient (Wildman–Crippen LogP) is 2.64. The first-order valence-corrected chi connectivity index (χ1v) is 5.34. The average Bonchev–Trinajstić information content (AvgIpc) is 2.27. The molecule has 0 spiro atoms. The Hall–Kier alpha value is -1.85. The van der Waals surface area contributed by atoms with Gasteiger partial charge in [-0.1, -0.05) is 12.2 Å². The van der Waals surface area contributed by atoms with Crippen LogP contribution in [0.5, 0.6) is 0 Å². The predicted molar refractivity (Wildman–Crippen MR) is 61.6 cm³/mol. The number of nitrogens with one attached hydrogen (secondary N) is 1. The topological polar surface area (TPSA) is 42.0 Å². The highest BCUT2D eigenvalue weighted by Crippen LogP contribution is 2.27. The molecule has 1 aromatic heterocycles. The Bertz CT molecular complexity index is 441. The Morgan fingerprint density at radius 2 is 2.22 bits per heavy atom. The van der Waals surface area contributed by atoms with Crippen molar-refractivity contribution in [1.29, 1.82) is 0 Å². The van der Waals surface area contributed by atoms with Gasteiger partial charge < -0.3 is 5.32 Å². The van der Waals surface area contributed by atoms with E-state index in [-0.39, 0.29) is 5.91 Å². The quantitative estimate of drug-likeness (QED) is 0.843. The SMILES string of the molecule is CC(=O)NCCC=Cc1ccnc(C(F)(F)F)c1. The molecule has 98 valence electrons. The molecule has 0 saturated carbocycles. The summed E-state index contributed by atoms with van der Waals surface area (Å²) in [5, 5.41) is 2.58. The van der Waals surface area contributed by atoms with Crippen LogP contribution in [0.15, 0.2) is 24.4 Å². The van der Waals surface area contributed by atoms with Gasteiger partial charge in [0.1, 0.15) is 5.69 Å². The summed E-state index contributed by atoms with van der Waals surface area (Å²) in [6.45, 7) is 1.87. The van der Waals surface area contributed by atoms with E-state index >= 15 is 0 Å². The van der Waals surface area contributed by atoms with Gasteiger partial charge in [0.15, 0.2) is 0 Å². The first-order valence-electron chi connectivity index (χ1n) is 5.34. The minimum atomic E-state index is -4.43. The van der Waals surface area contributed by atoms with Gasteiger partial charge in [-0.15, -0.1) is 0 Å². The maximum atomic E-state index is 12.4. The molecular formula is C12H13F3N2O. The Labute approximate surface area is 103 Å². The van der Waals surface area contributed by atoms with Crippen LogP contribution in [0.1, 0.15) is 24.6 Å². The molecule has 18 heavy (non-hydrogen) atoms. The van der Waals surface area contributed by atoms with Gasteiger partial charge >= 0.3 is 6.18 Å². The lowest BCUT2D eigenvalue weighted by atomic mass is 10.2. The molecule has 0 unspecified atom stereocenters. The summed E-state index contributed by atoms with van der Waals surface area (Å²) in [4.78, 5) is 13.8. The fourth-order valence-corrected chi connectivity index (χ4v) is 1.26. The van der Waals surface area contributed by atoms with Gasteiger partial charge in [-0.05, 0) is 24.1 Å². The third-order valence-corrected chi connectivity index (χ3v) is 2.07. The molecule has 3 nitrogen and oxygen atoms in total. The summed E-state index contributed by atoms with van der Waals surface area (Å²) in [6.07, 6.45) is 0.518. The molecule has 6 heteroatoms. The van der Waals surface area contributed by atoms with Crippen LogP contribution in [0.4, 0.5) is 13.2 Å². The molecule has 0 atom stereocenters. The number of nitrogens with zero attached hydrogens (tertiary/aromatic N) is 1. The van der Waals surface area contributed by atoms with Gasteiger partial charge in [0, 0.05) is 19.7 Å². The van der Waals surface area contributed by atoms with Gasteiger partial charge in [-0.25, -0.2) is 0 Å². The van der Waals surface area contributed by atoms with Crippen molar-refractivity contribution in [3.8, 4) is 0 Å². The van der Waals surface area contributed by atoms with Crippen LogP contribution in [-0.4, -0.2) is 17.4 Å². The number of alkyl halides is 3. The van der Waals surface area contributed by atoms with Crippen LogP contribution in [0, 0.1) is 0 Å². The molecule has 1 amide bonds. The molecule has 1 heterocycles. The molecule has 0 bridgehead atoms. The number of rotatable bonds is 4. The highest BCUT2D eigenvalue weighted by molar-refractivity contribution is 5.72. The normalized spacial score (nSPS) is 11.8. The van der Waals surface area contributed by atoms with Crippen LogP contribution < -0.4 is 5.32 Å². The molecule has 0 aliphatic rings. The zero-order chi connectivity index (χ0) is 13.6. The highest BCUT2D eigenvalue weighted by atomic mass is 19.4. The summed E-state index contributed by atoms with van der Waals surface area (Å²) in [5.74, 6) is -0.133. The number of carbonyl (C=O) groups is 1. The lowest BCUT2D eigenvalue weighted by Gasteiger charge is -2.05. The molecule has 0 fully saturated rings. The summed E-state index contributed by atoms with van der Waals surface area (Å²) < 4.78 is 37.1. The maximum Gasteiger partial charge on any atom is 0.433 e.